The molecule has 0 aliphatic rings. The first-order valence-corrected chi connectivity index (χ1v) is 5.86. The lowest BCUT2D eigenvalue weighted by atomic mass is 9.96. The molecular weight excluding hydrogens is 232 g/mol. The molecule has 1 amide bonds. The molecule has 0 fully saturated rings. The zero-order valence-corrected chi connectivity index (χ0v) is 10.8. The zero-order valence-electron chi connectivity index (χ0n) is 10.8. The fourth-order valence-corrected chi connectivity index (χ4v) is 1.57. The molecule has 2 N–H and O–H groups in total. The molecule has 1 aromatic heterocycles. The van der Waals surface area contributed by atoms with Gasteiger partial charge in [0.05, 0.1) is 5.92 Å². The molecule has 98 valence electrons. The fraction of sp³-hybridized carbons (Fsp3) is 0.462. The predicted molar refractivity (Wildman–Crippen MR) is 67.3 cm³/mol. The molecule has 0 bridgehead atoms. The summed E-state index contributed by atoms with van der Waals surface area (Å²) in [6.45, 7) is 5.54. The Morgan fingerprint density at radius 1 is 1.39 bits per heavy atom. The lowest BCUT2D eigenvalue weighted by molar-refractivity contribution is -0.142. The summed E-state index contributed by atoms with van der Waals surface area (Å²) in [5.41, 5.74) is 1.06. The molecule has 0 aromatic carbocycles. The standard InChI is InChI=1S/C13H18N2O3/c1-8(2)10(13(17)18)7-14-12(16)11-6-4-5-9(3)15-11/h4-6,8,10H,7H2,1-3H3,(H,14,16)(H,17,18). The lowest BCUT2D eigenvalue weighted by Gasteiger charge is -2.16. The summed E-state index contributed by atoms with van der Waals surface area (Å²) in [4.78, 5) is 26.8. The van der Waals surface area contributed by atoms with Gasteiger partial charge in [-0.05, 0) is 25.0 Å². The van der Waals surface area contributed by atoms with Gasteiger partial charge >= 0.3 is 5.97 Å². The zero-order chi connectivity index (χ0) is 13.7. The van der Waals surface area contributed by atoms with Crippen molar-refractivity contribution in [2.24, 2.45) is 11.8 Å². The van der Waals surface area contributed by atoms with Gasteiger partial charge in [-0.15, -0.1) is 0 Å². The maximum absolute atomic E-state index is 11.8. The number of nitrogens with one attached hydrogen (secondary N) is 1. The highest BCUT2D eigenvalue weighted by Crippen LogP contribution is 2.10. The molecule has 0 saturated heterocycles. The number of carbonyl (C=O) groups excluding carboxylic acids is 1. The minimum atomic E-state index is -0.900. The number of hydrogen-bond acceptors (Lipinski definition) is 3. The third kappa shape index (κ3) is 3.84. The number of hydrogen-bond donors (Lipinski definition) is 2. The maximum atomic E-state index is 11.8. The monoisotopic (exact) mass is 250 g/mol. The van der Waals surface area contributed by atoms with Gasteiger partial charge in [0.15, 0.2) is 0 Å². The third-order valence-electron chi connectivity index (χ3n) is 2.73. The van der Waals surface area contributed by atoms with Crippen LogP contribution in [0.15, 0.2) is 18.2 Å². The summed E-state index contributed by atoms with van der Waals surface area (Å²) in [6.07, 6.45) is 0. The van der Waals surface area contributed by atoms with E-state index in [0.717, 1.165) is 5.69 Å². The highest BCUT2D eigenvalue weighted by molar-refractivity contribution is 5.92. The van der Waals surface area contributed by atoms with E-state index in [1.54, 1.807) is 25.1 Å². The minimum Gasteiger partial charge on any atom is -0.481 e. The maximum Gasteiger partial charge on any atom is 0.308 e. The molecule has 1 rings (SSSR count). The van der Waals surface area contributed by atoms with Crippen LogP contribution in [0.2, 0.25) is 0 Å². The van der Waals surface area contributed by atoms with Gasteiger partial charge in [-0.3, -0.25) is 9.59 Å². The van der Waals surface area contributed by atoms with E-state index in [-0.39, 0.29) is 18.4 Å². The molecule has 0 radical (unpaired) electrons. The molecule has 1 atom stereocenters. The van der Waals surface area contributed by atoms with Crippen LogP contribution in [0.3, 0.4) is 0 Å². The van der Waals surface area contributed by atoms with Crippen LogP contribution in [-0.4, -0.2) is 28.5 Å². The normalized spacial score (nSPS) is 12.2. The van der Waals surface area contributed by atoms with Gasteiger partial charge in [0.2, 0.25) is 0 Å². The molecule has 5 nitrogen and oxygen atoms in total. The van der Waals surface area contributed by atoms with Crippen molar-refractivity contribution in [2.75, 3.05) is 6.54 Å². The Morgan fingerprint density at radius 3 is 2.56 bits per heavy atom. The van der Waals surface area contributed by atoms with Crippen LogP contribution < -0.4 is 5.32 Å². The van der Waals surface area contributed by atoms with Gasteiger partial charge in [0, 0.05) is 12.2 Å². The second kappa shape index (κ2) is 6.14. The van der Waals surface area contributed by atoms with Crippen LogP contribution in [0, 0.1) is 18.8 Å². The molecule has 0 aliphatic carbocycles. The van der Waals surface area contributed by atoms with Crippen LogP contribution in [-0.2, 0) is 4.79 Å². The summed E-state index contributed by atoms with van der Waals surface area (Å²) >= 11 is 0. The van der Waals surface area contributed by atoms with Crippen molar-refractivity contribution < 1.29 is 14.7 Å². The minimum absolute atomic E-state index is 0.0340. The second-order valence-electron chi connectivity index (χ2n) is 4.56. The first-order valence-electron chi connectivity index (χ1n) is 5.86. The first kappa shape index (κ1) is 14.2. The van der Waals surface area contributed by atoms with E-state index < -0.39 is 11.9 Å². The molecule has 5 heteroatoms. The Morgan fingerprint density at radius 2 is 2.06 bits per heavy atom. The Hall–Kier alpha value is -1.91. The average Bonchev–Trinajstić information content (AvgIpc) is 2.28. The SMILES string of the molecule is Cc1cccc(C(=O)NCC(C(=O)O)C(C)C)n1. The second-order valence-corrected chi connectivity index (χ2v) is 4.56. The molecule has 0 aliphatic heterocycles. The van der Waals surface area contributed by atoms with Crippen molar-refractivity contribution in [2.45, 2.75) is 20.8 Å². The van der Waals surface area contributed by atoms with E-state index in [0.29, 0.717) is 5.69 Å². The molecule has 0 spiro atoms. The van der Waals surface area contributed by atoms with Crippen LogP contribution >= 0.6 is 0 Å². The smallest absolute Gasteiger partial charge is 0.308 e. The van der Waals surface area contributed by atoms with Crippen molar-refractivity contribution in [3.05, 3.63) is 29.6 Å². The third-order valence-corrected chi connectivity index (χ3v) is 2.73. The molecule has 1 unspecified atom stereocenters. The molecule has 1 heterocycles. The Labute approximate surface area is 106 Å². The van der Waals surface area contributed by atoms with E-state index in [1.807, 2.05) is 13.8 Å². The van der Waals surface area contributed by atoms with Gasteiger partial charge < -0.3 is 10.4 Å². The van der Waals surface area contributed by atoms with Crippen molar-refractivity contribution in [1.82, 2.24) is 10.3 Å². The van der Waals surface area contributed by atoms with E-state index in [2.05, 4.69) is 10.3 Å². The van der Waals surface area contributed by atoms with E-state index in [9.17, 15) is 9.59 Å². The number of aliphatic carboxylic acids is 1. The molecular formula is C13H18N2O3. The largest absolute Gasteiger partial charge is 0.481 e. The average molecular weight is 250 g/mol. The van der Waals surface area contributed by atoms with Crippen molar-refractivity contribution in [1.29, 1.82) is 0 Å². The van der Waals surface area contributed by atoms with Crippen molar-refractivity contribution in [3.63, 3.8) is 0 Å². The van der Waals surface area contributed by atoms with Crippen LogP contribution in [0.1, 0.15) is 30.0 Å². The van der Waals surface area contributed by atoms with E-state index >= 15 is 0 Å². The Balaban J connectivity index is 2.63. The Bertz CT molecular complexity index is 444. The number of pyridine rings is 1. The van der Waals surface area contributed by atoms with Gasteiger partial charge in [0.1, 0.15) is 5.69 Å². The summed E-state index contributed by atoms with van der Waals surface area (Å²) in [7, 11) is 0. The van der Waals surface area contributed by atoms with Crippen LogP contribution in [0.5, 0.6) is 0 Å². The number of amides is 1. The Kier molecular flexibility index (Phi) is 4.83. The van der Waals surface area contributed by atoms with Gasteiger partial charge in [-0.1, -0.05) is 19.9 Å². The van der Waals surface area contributed by atoms with Gasteiger partial charge in [-0.2, -0.15) is 0 Å². The summed E-state index contributed by atoms with van der Waals surface area (Å²) in [5.74, 6) is -1.86. The van der Waals surface area contributed by atoms with Gasteiger partial charge in [-0.25, -0.2) is 4.98 Å². The number of carboxylic acids is 1. The number of aromatic nitrogens is 1. The first-order chi connectivity index (χ1) is 8.41. The predicted octanol–water partition coefficient (Wildman–Crippen LogP) is 1.48. The van der Waals surface area contributed by atoms with E-state index in [1.165, 1.54) is 0 Å². The van der Waals surface area contributed by atoms with E-state index in [4.69, 9.17) is 5.11 Å². The number of nitrogens with zero attached hydrogens (tertiary/aromatic N) is 1. The summed E-state index contributed by atoms with van der Waals surface area (Å²) < 4.78 is 0. The number of aryl methyl sites for hydroxylation is 1. The van der Waals surface area contributed by atoms with Crippen LogP contribution in [0.4, 0.5) is 0 Å². The van der Waals surface area contributed by atoms with Gasteiger partial charge in [0.25, 0.3) is 5.91 Å². The highest BCUT2D eigenvalue weighted by atomic mass is 16.4. The van der Waals surface area contributed by atoms with Crippen molar-refractivity contribution >= 4 is 11.9 Å². The topological polar surface area (TPSA) is 79.3 Å². The molecule has 18 heavy (non-hydrogen) atoms. The molecule has 1 aromatic rings. The number of rotatable bonds is 5. The summed E-state index contributed by atoms with van der Waals surface area (Å²) in [5, 5.41) is 11.6. The fourth-order valence-electron chi connectivity index (χ4n) is 1.57. The highest BCUT2D eigenvalue weighted by Gasteiger charge is 2.22. The van der Waals surface area contributed by atoms with Crippen LogP contribution in [0.25, 0.3) is 0 Å². The lowest BCUT2D eigenvalue weighted by Crippen LogP contribution is -2.35. The quantitative estimate of drug-likeness (QED) is 0.829. The number of carbonyl (C=O) groups is 2. The van der Waals surface area contributed by atoms with Crippen molar-refractivity contribution in [3.8, 4) is 0 Å². The number of carboxylic acid groups (broad SMARTS) is 1. The summed E-state index contributed by atoms with van der Waals surface area (Å²) in [6, 6.07) is 5.15. The molecule has 0 saturated carbocycles.